The summed E-state index contributed by atoms with van der Waals surface area (Å²) in [7, 11) is 0. The number of H-pyrrole nitrogens is 1. The van der Waals surface area contributed by atoms with Gasteiger partial charge in [0.05, 0.1) is 22.5 Å². The molecule has 1 aliphatic heterocycles. The molecule has 0 bridgehead atoms. The summed E-state index contributed by atoms with van der Waals surface area (Å²) in [5.74, 6) is -1.41. The van der Waals surface area contributed by atoms with Crippen LogP contribution in [0.2, 0.25) is 0 Å². The number of nitrogens with one attached hydrogen (secondary N) is 1. The van der Waals surface area contributed by atoms with E-state index >= 15 is 0 Å². The third kappa shape index (κ3) is 6.70. The lowest BCUT2D eigenvalue weighted by molar-refractivity contribution is -0.139. The second-order valence-electron chi connectivity index (χ2n) is 9.92. The summed E-state index contributed by atoms with van der Waals surface area (Å²) in [6.45, 7) is 4.49. The molecule has 9 heteroatoms. The van der Waals surface area contributed by atoms with E-state index in [2.05, 4.69) is 17.1 Å². The van der Waals surface area contributed by atoms with Gasteiger partial charge in [-0.15, -0.1) is 0 Å². The summed E-state index contributed by atoms with van der Waals surface area (Å²) in [5, 5.41) is 19.2. The first-order valence-corrected chi connectivity index (χ1v) is 13.4. The highest BCUT2D eigenvalue weighted by atomic mass is 16.5. The fourth-order valence-corrected chi connectivity index (χ4v) is 4.54. The van der Waals surface area contributed by atoms with Crippen LogP contribution in [-0.4, -0.2) is 51.7 Å². The van der Waals surface area contributed by atoms with Gasteiger partial charge in [0.25, 0.3) is 0 Å². The summed E-state index contributed by atoms with van der Waals surface area (Å²) >= 11 is 0. The van der Waals surface area contributed by atoms with Crippen LogP contribution in [-0.2, 0) is 22.6 Å². The number of aldehydes is 1. The molecule has 0 aliphatic carbocycles. The largest absolute Gasteiger partial charge is 0.507 e. The molecule has 212 valence electrons. The number of hydrogen-bond donors (Lipinski definition) is 4. The van der Waals surface area contributed by atoms with Crippen LogP contribution in [0.4, 0.5) is 0 Å². The third-order valence-electron chi connectivity index (χ3n) is 7.21. The van der Waals surface area contributed by atoms with E-state index in [1.165, 1.54) is 23.1 Å². The minimum atomic E-state index is -0.913. The Labute approximate surface area is 237 Å². The summed E-state index contributed by atoms with van der Waals surface area (Å²) in [6.07, 6.45) is 2.27. The van der Waals surface area contributed by atoms with E-state index < -0.39 is 18.0 Å². The lowest BCUT2D eigenvalue weighted by Crippen LogP contribution is -2.36. The van der Waals surface area contributed by atoms with Crippen molar-refractivity contribution in [1.82, 2.24) is 4.98 Å². The van der Waals surface area contributed by atoms with Crippen LogP contribution in [0.25, 0.3) is 10.9 Å². The molecule has 0 saturated heterocycles. The molecule has 0 saturated carbocycles. The minimum absolute atomic E-state index is 0.00678. The van der Waals surface area contributed by atoms with E-state index in [4.69, 9.17) is 20.6 Å². The summed E-state index contributed by atoms with van der Waals surface area (Å²) in [5.41, 5.74) is 11.7. The first kappa shape index (κ1) is 29.2. The molecular weight excluding hydrogens is 522 g/mol. The highest BCUT2D eigenvalue weighted by Crippen LogP contribution is 2.28. The van der Waals surface area contributed by atoms with Crippen molar-refractivity contribution in [1.29, 1.82) is 0 Å². The molecule has 5 rings (SSSR count). The average molecular weight is 556 g/mol. The van der Waals surface area contributed by atoms with Gasteiger partial charge < -0.3 is 25.7 Å². The Morgan fingerprint density at radius 1 is 1.12 bits per heavy atom. The van der Waals surface area contributed by atoms with E-state index in [0.29, 0.717) is 17.4 Å². The number of carboxylic acids is 1. The first-order valence-electron chi connectivity index (χ1n) is 13.4. The summed E-state index contributed by atoms with van der Waals surface area (Å²) in [6, 6.07) is 19.3. The highest BCUT2D eigenvalue weighted by molar-refractivity contribution is 6.16. The standard InChI is InChI=1S/C26H20N2O4.C6H13NO2/c29-14-19-13-16(5-10-23(19)30)15-32-26(31)18-8-6-17(7-9-18)24-25-21(11-12-27-24)20-3-1-2-4-22(20)28-25;1-3-4(2)5(7)6(8)9/h1-10,13-14,28,30H,11-12,15H2;4-5H,3,7H2,1-2H3,(H,8,9)/t;4-,5-/m.0/s1. The molecule has 0 fully saturated rings. The maximum atomic E-state index is 12.5. The number of carboxylic acid groups (broad SMARTS) is 1. The number of rotatable bonds is 8. The summed E-state index contributed by atoms with van der Waals surface area (Å²) in [4.78, 5) is 41.8. The van der Waals surface area contributed by atoms with Crippen LogP contribution >= 0.6 is 0 Å². The van der Waals surface area contributed by atoms with Crippen LogP contribution in [0.1, 0.15) is 63.4 Å². The number of hydrogen-bond acceptors (Lipinski definition) is 7. The molecule has 3 aromatic carbocycles. The number of phenols is 1. The molecule has 9 nitrogen and oxygen atoms in total. The second-order valence-corrected chi connectivity index (χ2v) is 9.92. The van der Waals surface area contributed by atoms with E-state index in [-0.39, 0.29) is 23.8 Å². The van der Waals surface area contributed by atoms with Crippen molar-refractivity contribution >= 4 is 34.8 Å². The number of phenolic OH excluding ortho intramolecular Hbond substituents is 1. The van der Waals surface area contributed by atoms with Crippen LogP contribution < -0.4 is 5.73 Å². The van der Waals surface area contributed by atoms with E-state index in [9.17, 15) is 19.5 Å². The zero-order valence-corrected chi connectivity index (χ0v) is 23.0. The molecule has 1 aromatic heterocycles. The number of aliphatic carboxylic acids is 1. The molecule has 0 unspecified atom stereocenters. The van der Waals surface area contributed by atoms with Gasteiger partial charge in [-0.2, -0.15) is 0 Å². The van der Waals surface area contributed by atoms with Crippen molar-refractivity contribution in [2.75, 3.05) is 6.54 Å². The van der Waals surface area contributed by atoms with Crippen molar-refractivity contribution in [3.8, 4) is 5.75 Å². The lowest BCUT2D eigenvalue weighted by atomic mass is 9.97. The minimum Gasteiger partial charge on any atom is -0.507 e. The number of nitrogens with two attached hydrogens (primary N) is 1. The third-order valence-corrected chi connectivity index (χ3v) is 7.21. The second kappa shape index (κ2) is 13.1. The molecule has 2 heterocycles. The number of benzene rings is 3. The van der Waals surface area contributed by atoms with Gasteiger partial charge >= 0.3 is 11.9 Å². The number of carbonyl (C=O) groups excluding carboxylic acids is 2. The first-order chi connectivity index (χ1) is 19.7. The average Bonchev–Trinajstić information content (AvgIpc) is 3.39. The number of aromatic hydroxyl groups is 1. The van der Waals surface area contributed by atoms with Gasteiger partial charge in [-0.05, 0) is 53.8 Å². The molecule has 0 radical (unpaired) electrons. The van der Waals surface area contributed by atoms with E-state index in [1.807, 2.05) is 38.1 Å². The quantitative estimate of drug-likeness (QED) is 0.178. The van der Waals surface area contributed by atoms with Crippen LogP contribution in [0.3, 0.4) is 0 Å². The zero-order valence-electron chi connectivity index (χ0n) is 23.0. The predicted molar refractivity (Wildman–Crippen MR) is 157 cm³/mol. The predicted octanol–water partition coefficient (Wildman–Crippen LogP) is 4.88. The summed E-state index contributed by atoms with van der Waals surface area (Å²) < 4.78 is 5.36. The molecular formula is C32H33N3O6. The topological polar surface area (TPSA) is 155 Å². The van der Waals surface area contributed by atoms with Gasteiger partial charge in [-0.1, -0.05) is 56.7 Å². The van der Waals surface area contributed by atoms with Gasteiger partial charge in [-0.25, -0.2) is 4.79 Å². The maximum Gasteiger partial charge on any atom is 0.338 e. The maximum absolute atomic E-state index is 12.5. The Bertz CT molecular complexity index is 1590. The molecule has 4 aromatic rings. The number of aromatic amines is 1. The van der Waals surface area contributed by atoms with Crippen molar-refractivity contribution in [2.24, 2.45) is 16.6 Å². The Kier molecular flexibility index (Phi) is 9.31. The van der Waals surface area contributed by atoms with Crippen molar-refractivity contribution in [3.63, 3.8) is 0 Å². The number of aromatic nitrogens is 1. The van der Waals surface area contributed by atoms with E-state index in [0.717, 1.165) is 41.9 Å². The van der Waals surface area contributed by atoms with Crippen molar-refractivity contribution in [2.45, 2.75) is 39.3 Å². The van der Waals surface area contributed by atoms with Gasteiger partial charge in [0.15, 0.2) is 6.29 Å². The SMILES string of the molecule is CC[C@H](C)[C@H](N)C(=O)O.O=Cc1cc(COC(=O)c2ccc(C3=NCCc4c3[nH]c3ccccc43)cc2)ccc1O. The fraction of sp³-hybridized carbons (Fsp3) is 0.250. The van der Waals surface area contributed by atoms with Crippen molar-refractivity contribution < 1.29 is 29.3 Å². The van der Waals surface area contributed by atoms with Crippen LogP contribution in [0.15, 0.2) is 71.7 Å². The molecule has 1 aliphatic rings. The number of nitrogens with zero attached hydrogens (tertiary/aromatic N) is 1. The fourth-order valence-electron chi connectivity index (χ4n) is 4.54. The number of esters is 1. The molecule has 2 atom stereocenters. The van der Waals surface area contributed by atoms with Gasteiger partial charge in [0.2, 0.25) is 0 Å². The molecule has 0 amide bonds. The normalized spacial score (nSPS) is 13.7. The number of aliphatic imine (C=N–C) groups is 1. The van der Waals surface area contributed by atoms with Gasteiger partial charge in [0, 0.05) is 23.0 Å². The molecule has 0 spiro atoms. The lowest BCUT2D eigenvalue weighted by Gasteiger charge is -2.14. The monoisotopic (exact) mass is 555 g/mol. The molecule has 41 heavy (non-hydrogen) atoms. The number of fused-ring (bicyclic) bond motifs is 3. The number of ether oxygens (including phenoxy) is 1. The molecule has 5 N–H and O–H groups in total. The Morgan fingerprint density at radius 3 is 2.51 bits per heavy atom. The smallest absolute Gasteiger partial charge is 0.338 e. The Morgan fingerprint density at radius 2 is 1.85 bits per heavy atom. The van der Waals surface area contributed by atoms with E-state index in [1.54, 1.807) is 18.2 Å². The van der Waals surface area contributed by atoms with Gasteiger partial charge in [0.1, 0.15) is 18.4 Å². The number of carbonyl (C=O) groups is 3. The van der Waals surface area contributed by atoms with Crippen LogP contribution in [0.5, 0.6) is 5.75 Å². The Balaban J connectivity index is 0.000000374. The zero-order chi connectivity index (χ0) is 29.5. The van der Waals surface area contributed by atoms with Crippen LogP contribution in [0, 0.1) is 5.92 Å². The number of para-hydroxylation sites is 1. The Hall–Kier alpha value is -4.76. The van der Waals surface area contributed by atoms with Crippen molar-refractivity contribution in [3.05, 3.63) is 100 Å². The highest BCUT2D eigenvalue weighted by Gasteiger charge is 2.21. The van der Waals surface area contributed by atoms with Gasteiger partial charge in [-0.3, -0.25) is 14.6 Å².